The lowest BCUT2D eigenvalue weighted by Gasteiger charge is -2.34. The molecule has 9 nitrogen and oxygen atoms in total. The number of aromatic nitrogens is 2. The number of anilines is 2. The Hall–Kier alpha value is -3.12. The van der Waals surface area contributed by atoms with Gasteiger partial charge in [0.1, 0.15) is 11.6 Å². The Balaban J connectivity index is 1.15. The van der Waals surface area contributed by atoms with Gasteiger partial charge >= 0.3 is 6.36 Å². The van der Waals surface area contributed by atoms with E-state index in [-0.39, 0.29) is 35.7 Å². The number of halogens is 3. The quantitative estimate of drug-likeness (QED) is 0.492. The number of hydrazine groups is 1. The molecule has 4 unspecified atom stereocenters. The molecular weight excluding hydrogens is 477 g/mol. The summed E-state index contributed by atoms with van der Waals surface area (Å²) in [6.45, 7) is 1.82. The Kier molecular flexibility index (Phi) is 5.31. The van der Waals surface area contributed by atoms with E-state index in [1.807, 2.05) is 6.92 Å². The Labute approximate surface area is 205 Å². The lowest BCUT2D eigenvalue weighted by molar-refractivity contribution is -0.274. The Morgan fingerprint density at radius 1 is 1.22 bits per heavy atom. The van der Waals surface area contributed by atoms with Crippen molar-refractivity contribution in [3.8, 4) is 11.5 Å². The molecule has 2 aromatic rings. The zero-order chi connectivity index (χ0) is 25.2. The van der Waals surface area contributed by atoms with Gasteiger partial charge in [-0.3, -0.25) is 10.2 Å². The molecule has 192 valence electrons. The van der Waals surface area contributed by atoms with E-state index >= 15 is 0 Å². The van der Waals surface area contributed by atoms with Crippen LogP contribution in [0.2, 0.25) is 0 Å². The number of amides is 1. The third-order valence-electron chi connectivity index (χ3n) is 8.13. The molecule has 0 bridgehead atoms. The van der Waals surface area contributed by atoms with Crippen molar-refractivity contribution in [3.63, 3.8) is 0 Å². The topological polar surface area (TPSA) is 109 Å². The van der Waals surface area contributed by atoms with Crippen LogP contribution in [0, 0.1) is 24.7 Å². The molecule has 1 aromatic carbocycles. The highest BCUT2D eigenvalue weighted by atomic mass is 19.4. The fourth-order valence-electron chi connectivity index (χ4n) is 6.45. The molecule has 6 rings (SSSR count). The Bertz CT molecular complexity index is 1210. The zero-order valence-corrected chi connectivity index (χ0v) is 19.8. The lowest BCUT2D eigenvalue weighted by atomic mass is 9.74. The maximum Gasteiger partial charge on any atom is 0.573 e. The van der Waals surface area contributed by atoms with Crippen molar-refractivity contribution in [2.45, 2.75) is 56.6 Å². The summed E-state index contributed by atoms with van der Waals surface area (Å²) in [5.41, 5.74) is 7.15. The Morgan fingerprint density at radius 3 is 2.83 bits per heavy atom. The second kappa shape index (κ2) is 8.20. The number of nitrogens with zero attached hydrogens (tertiary/aromatic N) is 2. The predicted octanol–water partition coefficient (Wildman–Crippen LogP) is 3.23. The summed E-state index contributed by atoms with van der Waals surface area (Å²) < 4.78 is 47.8. The standard InChI is InChI=1S/C24H27F3N6O3/c1-11-28-10-19(35-2)21(29-11)31-20-14-5-3-12(7-18(14)32-33-20)16-9-23(16)15-8-13(36-24(25,26)27)4-6-17(15)30-22(23)34/h4,6,8,10,12,14,16,18,20,32-33H,3,5,7,9H2,1-2H3,(H,30,34)(H,28,29,31)/t12?,14?,16-,18?,20?,23-/m0/s1. The van der Waals surface area contributed by atoms with Crippen LogP contribution in [-0.4, -0.2) is 41.6 Å². The molecule has 4 N–H and O–H groups in total. The molecular formula is C24H27F3N6O3. The minimum atomic E-state index is -4.78. The number of nitrogens with one attached hydrogen (secondary N) is 4. The average Bonchev–Trinajstić information content (AvgIpc) is 3.38. The SMILES string of the molecule is COc1cnc(C)nc1NC1NNC2CC([C@@H]3C[C@@]34C(=O)Nc3ccc(OC(F)(F)F)cc34)CCC21. The maximum atomic E-state index is 13.0. The van der Waals surface area contributed by atoms with E-state index < -0.39 is 11.8 Å². The summed E-state index contributed by atoms with van der Waals surface area (Å²) in [4.78, 5) is 21.6. The molecule has 1 aromatic heterocycles. The first-order valence-electron chi connectivity index (χ1n) is 12.0. The third-order valence-corrected chi connectivity index (χ3v) is 8.13. The number of hydrogen-bond acceptors (Lipinski definition) is 8. The fraction of sp³-hybridized carbons (Fsp3) is 0.542. The molecule has 3 fully saturated rings. The molecule has 2 saturated carbocycles. The van der Waals surface area contributed by atoms with Crippen LogP contribution in [0.3, 0.4) is 0 Å². The minimum Gasteiger partial charge on any atom is -0.491 e. The van der Waals surface area contributed by atoms with Gasteiger partial charge in [0.05, 0.1) is 24.9 Å². The molecule has 6 atom stereocenters. The van der Waals surface area contributed by atoms with Gasteiger partial charge in [-0.05, 0) is 68.2 Å². The highest BCUT2D eigenvalue weighted by Crippen LogP contribution is 2.65. The van der Waals surface area contributed by atoms with E-state index in [1.54, 1.807) is 13.3 Å². The number of rotatable bonds is 5. The van der Waals surface area contributed by atoms with Crippen LogP contribution < -0.4 is 31.0 Å². The van der Waals surface area contributed by atoms with Gasteiger partial charge in [0.2, 0.25) is 5.91 Å². The number of ether oxygens (including phenoxy) is 2. The number of benzene rings is 1. The molecule has 1 saturated heterocycles. The number of carbonyl (C=O) groups excluding carboxylic acids is 1. The number of alkyl halides is 3. The monoisotopic (exact) mass is 504 g/mol. The van der Waals surface area contributed by atoms with Crippen LogP contribution in [0.5, 0.6) is 11.5 Å². The fourth-order valence-corrected chi connectivity index (χ4v) is 6.45. The largest absolute Gasteiger partial charge is 0.573 e. The van der Waals surface area contributed by atoms with Crippen LogP contribution >= 0.6 is 0 Å². The number of methoxy groups -OCH3 is 1. The summed E-state index contributed by atoms with van der Waals surface area (Å²) in [5.74, 6) is 2.08. The molecule has 2 aliphatic heterocycles. The second-order valence-corrected chi connectivity index (χ2v) is 10.1. The van der Waals surface area contributed by atoms with Gasteiger partial charge in [0.25, 0.3) is 0 Å². The molecule has 4 aliphatic rings. The van der Waals surface area contributed by atoms with Crippen molar-refractivity contribution in [1.82, 2.24) is 20.8 Å². The van der Waals surface area contributed by atoms with Gasteiger partial charge in [-0.15, -0.1) is 13.2 Å². The average molecular weight is 505 g/mol. The van der Waals surface area contributed by atoms with Gasteiger partial charge < -0.3 is 20.1 Å². The van der Waals surface area contributed by atoms with Crippen molar-refractivity contribution in [2.75, 3.05) is 17.7 Å². The van der Waals surface area contributed by atoms with Crippen molar-refractivity contribution in [3.05, 3.63) is 35.8 Å². The molecule has 1 amide bonds. The molecule has 36 heavy (non-hydrogen) atoms. The van der Waals surface area contributed by atoms with E-state index in [4.69, 9.17) is 4.74 Å². The van der Waals surface area contributed by atoms with Gasteiger partial charge in [-0.2, -0.15) is 0 Å². The highest BCUT2D eigenvalue weighted by molar-refractivity contribution is 6.09. The van der Waals surface area contributed by atoms with E-state index in [1.165, 1.54) is 18.2 Å². The van der Waals surface area contributed by atoms with E-state index in [0.717, 1.165) is 19.3 Å². The third kappa shape index (κ3) is 3.83. The van der Waals surface area contributed by atoms with Crippen LogP contribution in [-0.2, 0) is 10.2 Å². The maximum absolute atomic E-state index is 13.0. The molecule has 3 heterocycles. The van der Waals surface area contributed by atoms with Crippen molar-refractivity contribution in [1.29, 1.82) is 0 Å². The number of fused-ring (bicyclic) bond motifs is 3. The Morgan fingerprint density at radius 2 is 2.06 bits per heavy atom. The first-order valence-corrected chi connectivity index (χ1v) is 12.0. The van der Waals surface area contributed by atoms with Crippen LogP contribution in [0.4, 0.5) is 24.7 Å². The summed E-state index contributed by atoms with van der Waals surface area (Å²) in [6, 6.07) is 4.30. The summed E-state index contributed by atoms with van der Waals surface area (Å²) in [5, 5.41) is 6.30. The minimum absolute atomic E-state index is 0.0510. The summed E-state index contributed by atoms with van der Waals surface area (Å²) in [6.07, 6.45) is 0.167. The van der Waals surface area contributed by atoms with Crippen LogP contribution in [0.15, 0.2) is 24.4 Å². The zero-order valence-electron chi connectivity index (χ0n) is 19.8. The molecule has 1 spiro atoms. The number of aryl methyl sites for hydroxylation is 1. The van der Waals surface area contributed by atoms with E-state index in [0.29, 0.717) is 41.0 Å². The number of hydrogen-bond donors (Lipinski definition) is 4. The molecule has 12 heteroatoms. The van der Waals surface area contributed by atoms with E-state index in [9.17, 15) is 18.0 Å². The number of carbonyl (C=O) groups is 1. The molecule has 0 radical (unpaired) electrons. The van der Waals surface area contributed by atoms with Gasteiger partial charge in [0, 0.05) is 17.6 Å². The van der Waals surface area contributed by atoms with Gasteiger partial charge in [-0.1, -0.05) is 0 Å². The molecule has 2 aliphatic carbocycles. The van der Waals surface area contributed by atoms with E-state index in [2.05, 4.69) is 36.2 Å². The summed E-state index contributed by atoms with van der Waals surface area (Å²) >= 11 is 0. The van der Waals surface area contributed by atoms with Crippen LogP contribution in [0.25, 0.3) is 0 Å². The highest BCUT2D eigenvalue weighted by Gasteiger charge is 2.67. The van der Waals surface area contributed by atoms with Gasteiger partial charge in [0.15, 0.2) is 11.6 Å². The predicted molar refractivity (Wildman–Crippen MR) is 123 cm³/mol. The van der Waals surface area contributed by atoms with Gasteiger partial charge in [-0.25, -0.2) is 15.4 Å². The first-order chi connectivity index (χ1) is 17.2. The second-order valence-electron chi connectivity index (χ2n) is 10.1. The first kappa shape index (κ1) is 23.3. The van der Waals surface area contributed by atoms with Crippen LogP contribution in [0.1, 0.15) is 37.1 Å². The summed E-state index contributed by atoms with van der Waals surface area (Å²) in [7, 11) is 1.58. The van der Waals surface area contributed by atoms with Crippen molar-refractivity contribution in [2.24, 2.45) is 17.8 Å². The lowest BCUT2D eigenvalue weighted by Crippen LogP contribution is -2.39. The normalized spacial score (nSPS) is 32.6. The van der Waals surface area contributed by atoms with Crippen molar-refractivity contribution >= 4 is 17.4 Å². The van der Waals surface area contributed by atoms with Crippen molar-refractivity contribution < 1.29 is 27.4 Å². The smallest absolute Gasteiger partial charge is 0.491 e.